The van der Waals surface area contributed by atoms with Crippen LogP contribution in [0.3, 0.4) is 0 Å². The number of hydrogen-bond acceptors (Lipinski definition) is 4. The van der Waals surface area contributed by atoms with Gasteiger partial charge < -0.3 is 19.9 Å². The van der Waals surface area contributed by atoms with Crippen molar-refractivity contribution in [1.82, 2.24) is 15.1 Å². The summed E-state index contributed by atoms with van der Waals surface area (Å²) in [4.78, 5) is 38.9. The summed E-state index contributed by atoms with van der Waals surface area (Å²) in [5, 5.41) is 2.86. The molecule has 2 aliphatic heterocycles. The third kappa shape index (κ3) is 13.8. The van der Waals surface area contributed by atoms with E-state index in [9.17, 15) is 14.4 Å². The summed E-state index contributed by atoms with van der Waals surface area (Å²) in [6, 6.07) is 18.3. The first kappa shape index (κ1) is 39.8. The van der Waals surface area contributed by atoms with Crippen molar-refractivity contribution in [3.63, 3.8) is 0 Å². The maximum absolute atomic E-state index is 12.2. The largest absolute Gasteiger partial charge is 0.378 e. The zero-order valence-electron chi connectivity index (χ0n) is 26.5. The Balaban J connectivity index is 0.000000609. The highest BCUT2D eigenvalue weighted by atomic mass is 16.5. The Hall–Kier alpha value is -3.19. The lowest BCUT2D eigenvalue weighted by molar-refractivity contribution is -0.143. The van der Waals surface area contributed by atoms with Crippen LogP contribution in [0.25, 0.3) is 0 Å². The molecule has 0 saturated carbocycles. The van der Waals surface area contributed by atoms with Gasteiger partial charge in [0.05, 0.1) is 13.2 Å². The molecule has 0 aliphatic carbocycles. The highest BCUT2D eigenvalue weighted by Gasteiger charge is 2.29. The number of carbonyl (C=O) groups excluding carboxylic acids is 3. The fraction of sp³-hybridized carbons (Fsp3) is 0.583. The normalized spacial score (nSPS) is 14.3. The van der Waals surface area contributed by atoms with Gasteiger partial charge in [-0.25, -0.2) is 0 Å². The maximum atomic E-state index is 12.2. The standard InChI is InChI=1S/C14H19NO.C11H15NO.C9H17NO2.2CH4/c1-14(2,3)13(16)15-9-8-11-6-4-5-7-12(11)10-15;1-9(2)11(13)12-8-10-6-4-3-5-7-10;1-9(2,3)8(11)10-4-6-12-7-5-10;;/h4-7H,8-10H2,1-3H3;3-7,9H,8H2,1-2H3,(H,12,13);4-7H2,1-3H3;2*1H4. The molecule has 43 heavy (non-hydrogen) atoms. The summed E-state index contributed by atoms with van der Waals surface area (Å²) in [6.07, 6.45) is 0.984. The molecule has 0 spiro atoms. The maximum Gasteiger partial charge on any atom is 0.228 e. The van der Waals surface area contributed by atoms with Gasteiger partial charge in [-0.2, -0.15) is 0 Å². The molecule has 1 N–H and O–H groups in total. The number of benzene rings is 2. The number of carbonyl (C=O) groups is 3. The number of rotatable bonds is 3. The van der Waals surface area contributed by atoms with Crippen LogP contribution >= 0.6 is 0 Å². The summed E-state index contributed by atoms with van der Waals surface area (Å²) in [5.41, 5.74) is 3.30. The number of nitrogens with one attached hydrogen (secondary N) is 1. The molecule has 7 heteroatoms. The summed E-state index contributed by atoms with van der Waals surface area (Å²) in [7, 11) is 0. The first-order valence-electron chi connectivity index (χ1n) is 14.7. The van der Waals surface area contributed by atoms with Gasteiger partial charge in [-0.15, -0.1) is 0 Å². The molecule has 0 bridgehead atoms. The van der Waals surface area contributed by atoms with E-state index in [1.165, 1.54) is 11.1 Å². The molecule has 2 heterocycles. The number of amides is 3. The first-order chi connectivity index (χ1) is 19.2. The molecule has 2 aromatic carbocycles. The minimum atomic E-state index is -0.272. The van der Waals surface area contributed by atoms with Crippen LogP contribution in [0.5, 0.6) is 0 Å². The van der Waals surface area contributed by atoms with Crippen LogP contribution in [-0.2, 0) is 38.6 Å². The van der Waals surface area contributed by atoms with E-state index in [2.05, 4.69) is 23.5 Å². The van der Waals surface area contributed by atoms with E-state index in [0.29, 0.717) is 19.8 Å². The van der Waals surface area contributed by atoms with Crippen molar-refractivity contribution in [3.05, 3.63) is 71.3 Å². The Bertz CT molecular complexity index is 1110. The van der Waals surface area contributed by atoms with Crippen LogP contribution in [0.4, 0.5) is 0 Å². The van der Waals surface area contributed by atoms with Crippen molar-refractivity contribution in [2.75, 3.05) is 32.8 Å². The molecule has 1 fully saturated rings. The molecule has 2 aromatic rings. The van der Waals surface area contributed by atoms with Crippen molar-refractivity contribution in [1.29, 1.82) is 0 Å². The van der Waals surface area contributed by atoms with E-state index in [1.54, 1.807) is 0 Å². The Morgan fingerprint density at radius 1 is 0.744 bits per heavy atom. The van der Waals surface area contributed by atoms with Crippen LogP contribution in [-0.4, -0.2) is 60.4 Å². The molecule has 0 radical (unpaired) electrons. The zero-order valence-corrected chi connectivity index (χ0v) is 26.5. The fourth-order valence-electron chi connectivity index (χ4n) is 4.37. The molecule has 2 aliphatic rings. The van der Waals surface area contributed by atoms with Gasteiger partial charge in [0.25, 0.3) is 0 Å². The lowest BCUT2D eigenvalue weighted by atomic mass is 9.92. The number of nitrogens with zero attached hydrogens (tertiary/aromatic N) is 2. The van der Waals surface area contributed by atoms with Gasteiger partial charge in [0.15, 0.2) is 0 Å². The number of morpholine rings is 1. The molecule has 0 atom stereocenters. The average Bonchev–Trinajstić information content (AvgIpc) is 2.95. The second-order valence-corrected chi connectivity index (χ2v) is 13.0. The van der Waals surface area contributed by atoms with Crippen molar-refractivity contribution in [2.24, 2.45) is 16.7 Å². The molecule has 242 valence electrons. The predicted octanol–water partition coefficient (Wildman–Crippen LogP) is 6.74. The van der Waals surface area contributed by atoms with Gasteiger partial charge >= 0.3 is 0 Å². The summed E-state index contributed by atoms with van der Waals surface area (Å²) >= 11 is 0. The molecule has 4 rings (SSSR count). The number of fused-ring (bicyclic) bond motifs is 1. The van der Waals surface area contributed by atoms with E-state index >= 15 is 0 Å². The van der Waals surface area contributed by atoms with Crippen LogP contribution in [0.1, 0.15) is 86.9 Å². The lowest BCUT2D eigenvalue weighted by Gasteiger charge is -2.33. The van der Waals surface area contributed by atoms with Gasteiger partial charge in [-0.05, 0) is 23.1 Å². The van der Waals surface area contributed by atoms with Gasteiger partial charge in [0.2, 0.25) is 17.7 Å². The molecule has 0 unspecified atom stereocenters. The Morgan fingerprint density at radius 2 is 1.23 bits per heavy atom. The van der Waals surface area contributed by atoms with Crippen LogP contribution < -0.4 is 5.32 Å². The second-order valence-electron chi connectivity index (χ2n) is 13.0. The van der Waals surface area contributed by atoms with Crippen LogP contribution in [0.15, 0.2) is 54.6 Å². The monoisotopic (exact) mass is 597 g/mol. The Morgan fingerprint density at radius 3 is 1.74 bits per heavy atom. The van der Waals surface area contributed by atoms with E-state index in [0.717, 1.165) is 38.2 Å². The van der Waals surface area contributed by atoms with Gasteiger partial charge in [-0.1, -0.05) is 125 Å². The average molecular weight is 598 g/mol. The topological polar surface area (TPSA) is 79.0 Å². The first-order valence-corrected chi connectivity index (χ1v) is 14.7. The molecule has 0 aromatic heterocycles. The Kier molecular flexibility index (Phi) is 17.1. The minimum Gasteiger partial charge on any atom is -0.378 e. The minimum absolute atomic E-state index is 0. The SMILES string of the molecule is C.C.CC(C)(C)C(=O)N1CCOCC1.CC(C)(C)C(=O)N1CCc2ccccc2C1.CC(C)C(=O)NCc1ccccc1. The summed E-state index contributed by atoms with van der Waals surface area (Å²) in [6.45, 7) is 20.7. The van der Waals surface area contributed by atoms with Gasteiger partial charge in [-0.3, -0.25) is 14.4 Å². The lowest BCUT2D eigenvalue weighted by Crippen LogP contribution is -2.45. The van der Waals surface area contributed by atoms with Gasteiger partial charge in [0.1, 0.15) is 0 Å². The molecule has 1 saturated heterocycles. The highest BCUT2D eigenvalue weighted by Crippen LogP contribution is 2.24. The summed E-state index contributed by atoms with van der Waals surface area (Å²) in [5.74, 6) is 0.639. The fourth-order valence-corrected chi connectivity index (χ4v) is 4.37. The summed E-state index contributed by atoms with van der Waals surface area (Å²) < 4.78 is 5.17. The highest BCUT2D eigenvalue weighted by molar-refractivity contribution is 5.82. The van der Waals surface area contributed by atoms with E-state index in [-0.39, 0.29) is 49.3 Å². The molecule has 3 amide bonds. The number of hydrogen-bond donors (Lipinski definition) is 1. The van der Waals surface area contributed by atoms with Gasteiger partial charge in [0, 0.05) is 49.5 Å². The third-order valence-electron chi connectivity index (χ3n) is 6.83. The third-order valence-corrected chi connectivity index (χ3v) is 6.83. The van der Waals surface area contributed by atoms with Crippen molar-refractivity contribution in [2.45, 2.75) is 89.8 Å². The van der Waals surface area contributed by atoms with E-state index in [4.69, 9.17) is 4.74 Å². The number of ether oxygens (including phenoxy) is 1. The van der Waals surface area contributed by atoms with Crippen molar-refractivity contribution >= 4 is 17.7 Å². The smallest absolute Gasteiger partial charge is 0.228 e. The van der Waals surface area contributed by atoms with E-state index < -0.39 is 0 Å². The van der Waals surface area contributed by atoms with Crippen molar-refractivity contribution in [3.8, 4) is 0 Å². The quantitative estimate of drug-likeness (QED) is 0.425. The molecular formula is C36H59N3O4. The zero-order chi connectivity index (χ0) is 30.6. The van der Waals surface area contributed by atoms with Crippen LogP contribution in [0, 0.1) is 16.7 Å². The second kappa shape index (κ2) is 18.5. The molecular weight excluding hydrogens is 538 g/mol. The Labute approximate surface area is 262 Å². The predicted molar refractivity (Wildman–Crippen MR) is 178 cm³/mol. The molecule has 7 nitrogen and oxygen atoms in total. The van der Waals surface area contributed by atoms with Crippen LogP contribution in [0.2, 0.25) is 0 Å². The van der Waals surface area contributed by atoms with Crippen molar-refractivity contribution < 1.29 is 19.1 Å². The van der Waals surface area contributed by atoms with E-state index in [1.807, 2.05) is 102 Å².